The molecule has 1 heterocycles. The lowest BCUT2D eigenvalue weighted by Gasteiger charge is -2.44. The Bertz CT molecular complexity index is 570. The van der Waals surface area contributed by atoms with Crippen LogP contribution in [-0.4, -0.2) is 49.9 Å². The number of aliphatic hydroxyl groups is 1. The molecule has 0 amide bonds. The van der Waals surface area contributed by atoms with E-state index in [0.717, 1.165) is 6.54 Å². The molecule has 148 valence electrons. The van der Waals surface area contributed by atoms with E-state index in [-0.39, 0.29) is 17.7 Å². The Morgan fingerprint density at radius 2 is 1.88 bits per heavy atom. The van der Waals surface area contributed by atoms with Crippen molar-refractivity contribution < 1.29 is 14.3 Å². The summed E-state index contributed by atoms with van der Waals surface area (Å²) >= 11 is 0. The van der Waals surface area contributed by atoms with Gasteiger partial charge in [0.2, 0.25) is 0 Å². The van der Waals surface area contributed by atoms with Gasteiger partial charge in [-0.25, -0.2) is 0 Å². The fourth-order valence-corrected chi connectivity index (χ4v) is 4.43. The Balaban J connectivity index is 2.27. The van der Waals surface area contributed by atoms with E-state index >= 15 is 0 Å². The highest BCUT2D eigenvalue weighted by molar-refractivity contribution is 6.74. The molecule has 0 saturated carbocycles. The first-order chi connectivity index (χ1) is 12.0. The van der Waals surface area contributed by atoms with E-state index in [1.807, 2.05) is 6.07 Å². The molecule has 0 unspecified atom stereocenters. The summed E-state index contributed by atoms with van der Waals surface area (Å²) in [7, 11) is -1.92. The highest BCUT2D eigenvalue weighted by Gasteiger charge is 2.52. The van der Waals surface area contributed by atoms with Crippen LogP contribution in [0.4, 0.5) is 0 Å². The highest BCUT2D eigenvalue weighted by Crippen LogP contribution is 2.40. The van der Waals surface area contributed by atoms with E-state index in [9.17, 15) is 5.11 Å². The molecule has 1 aliphatic heterocycles. The van der Waals surface area contributed by atoms with Gasteiger partial charge in [0.15, 0.2) is 8.32 Å². The van der Waals surface area contributed by atoms with Crippen LogP contribution >= 0.6 is 0 Å². The molecule has 5 heteroatoms. The summed E-state index contributed by atoms with van der Waals surface area (Å²) in [6.07, 6.45) is -0.0408. The van der Waals surface area contributed by atoms with Crippen LogP contribution in [0, 0.1) is 5.92 Å². The molecule has 0 aliphatic carbocycles. The normalized spacial score (nSPS) is 25.2. The summed E-state index contributed by atoms with van der Waals surface area (Å²) in [6, 6.07) is 10.4. The first kappa shape index (κ1) is 21.6. The van der Waals surface area contributed by atoms with Gasteiger partial charge in [0, 0.05) is 6.54 Å². The fourth-order valence-electron chi connectivity index (χ4n) is 3.38. The molecule has 1 aliphatic rings. The topological polar surface area (TPSA) is 41.9 Å². The fraction of sp³-hybridized carbons (Fsp3) is 0.714. The van der Waals surface area contributed by atoms with Gasteiger partial charge >= 0.3 is 0 Å². The number of benzene rings is 1. The zero-order chi connectivity index (χ0) is 19.6. The lowest BCUT2D eigenvalue weighted by atomic mass is 9.86. The van der Waals surface area contributed by atoms with Crippen LogP contribution in [0.15, 0.2) is 30.3 Å². The number of hydrogen-bond acceptors (Lipinski definition) is 4. The minimum absolute atomic E-state index is 0.0390. The maximum atomic E-state index is 10.5. The van der Waals surface area contributed by atoms with Gasteiger partial charge in [-0.05, 0) is 29.6 Å². The van der Waals surface area contributed by atoms with E-state index in [1.165, 1.54) is 5.56 Å². The molecule has 0 bridgehead atoms. The van der Waals surface area contributed by atoms with Crippen LogP contribution in [-0.2, 0) is 15.7 Å². The molecule has 2 rings (SSSR count). The van der Waals surface area contributed by atoms with Crippen LogP contribution in [0.2, 0.25) is 18.1 Å². The first-order valence-corrected chi connectivity index (χ1v) is 12.6. The molecule has 4 nitrogen and oxygen atoms in total. The van der Waals surface area contributed by atoms with E-state index in [1.54, 1.807) is 0 Å². The van der Waals surface area contributed by atoms with Crippen molar-refractivity contribution in [2.24, 2.45) is 5.92 Å². The molecule has 1 fully saturated rings. The summed E-state index contributed by atoms with van der Waals surface area (Å²) in [4.78, 5) is 2.26. The SMILES string of the molecule is CC(C)[C@H]1OCN(Cc2ccccc2)[C@]1(CO)CO[Si](C)(C)C(C)(C)C. The van der Waals surface area contributed by atoms with Crippen molar-refractivity contribution in [1.29, 1.82) is 0 Å². The Labute approximate surface area is 160 Å². The largest absolute Gasteiger partial charge is 0.415 e. The van der Waals surface area contributed by atoms with Crippen molar-refractivity contribution >= 4 is 8.32 Å². The van der Waals surface area contributed by atoms with E-state index in [0.29, 0.717) is 19.3 Å². The van der Waals surface area contributed by atoms with Gasteiger partial charge in [-0.3, -0.25) is 4.90 Å². The number of ether oxygens (including phenoxy) is 1. The molecule has 0 aromatic heterocycles. The maximum absolute atomic E-state index is 10.5. The lowest BCUT2D eigenvalue weighted by Crippen LogP contribution is -2.60. The predicted molar refractivity (Wildman–Crippen MR) is 110 cm³/mol. The quantitative estimate of drug-likeness (QED) is 0.719. The zero-order valence-electron chi connectivity index (χ0n) is 17.6. The second kappa shape index (κ2) is 8.11. The molecular formula is C21H37NO3Si. The van der Waals surface area contributed by atoms with Crippen molar-refractivity contribution in [3.63, 3.8) is 0 Å². The average molecular weight is 380 g/mol. The van der Waals surface area contributed by atoms with E-state index < -0.39 is 13.9 Å². The van der Waals surface area contributed by atoms with Gasteiger partial charge in [-0.1, -0.05) is 65.0 Å². The molecule has 0 spiro atoms. The maximum Gasteiger partial charge on any atom is 0.192 e. The Morgan fingerprint density at radius 1 is 1.27 bits per heavy atom. The summed E-state index contributed by atoms with van der Waals surface area (Å²) in [5.74, 6) is 0.311. The minimum atomic E-state index is -1.92. The van der Waals surface area contributed by atoms with Gasteiger partial charge < -0.3 is 14.3 Å². The van der Waals surface area contributed by atoms with Gasteiger partial charge in [-0.2, -0.15) is 0 Å². The molecule has 2 atom stereocenters. The third-order valence-electron chi connectivity index (χ3n) is 6.15. The van der Waals surface area contributed by atoms with Crippen molar-refractivity contribution in [3.8, 4) is 0 Å². The number of hydrogen-bond donors (Lipinski definition) is 1. The summed E-state index contributed by atoms with van der Waals surface area (Å²) < 4.78 is 12.7. The van der Waals surface area contributed by atoms with Gasteiger partial charge in [0.05, 0.1) is 24.9 Å². The van der Waals surface area contributed by atoms with Crippen LogP contribution in [0.3, 0.4) is 0 Å². The molecule has 0 radical (unpaired) electrons. The standard InChI is InChI=1S/C21H37NO3Si/c1-17(2)19-21(14-23,15-25-26(6,7)20(3,4)5)22(16-24-19)13-18-11-9-8-10-12-18/h8-12,17,19,23H,13-16H2,1-7H3/t19-,21-/m1/s1. The number of aliphatic hydroxyl groups excluding tert-OH is 1. The minimum Gasteiger partial charge on any atom is -0.415 e. The molecular weight excluding hydrogens is 342 g/mol. The Kier molecular flexibility index (Phi) is 6.73. The molecule has 1 N–H and O–H groups in total. The second-order valence-electron chi connectivity index (χ2n) is 9.45. The van der Waals surface area contributed by atoms with Crippen molar-refractivity contribution in [1.82, 2.24) is 4.90 Å². The van der Waals surface area contributed by atoms with E-state index in [4.69, 9.17) is 9.16 Å². The van der Waals surface area contributed by atoms with Gasteiger partial charge in [0.25, 0.3) is 0 Å². The van der Waals surface area contributed by atoms with Crippen molar-refractivity contribution in [2.75, 3.05) is 19.9 Å². The van der Waals surface area contributed by atoms with Crippen molar-refractivity contribution in [3.05, 3.63) is 35.9 Å². The summed E-state index contributed by atoms with van der Waals surface area (Å²) in [5.41, 5.74) is 0.727. The van der Waals surface area contributed by atoms with Gasteiger partial charge in [0.1, 0.15) is 6.73 Å². The lowest BCUT2D eigenvalue weighted by molar-refractivity contribution is -0.0206. The summed E-state index contributed by atoms with van der Waals surface area (Å²) in [6.45, 7) is 17.4. The van der Waals surface area contributed by atoms with Crippen LogP contribution in [0.5, 0.6) is 0 Å². The monoisotopic (exact) mass is 379 g/mol. The Morgan fingerprint density at radius 3 is 2.38 bits per heavy atom. The molecule has 1 aromatic carbocycles. The second-order valence-corrected chi connectivity index (χ2v) is 14.3. The third kappa shape index (κ3) is 4.39. The highest BCUT2D eigenvalue weighted by atomic mass is 28.4. The Hall–Kier alpha value is -0.723. The average Bonchev–Trinajstić information content (AvgIpc) is 2.92. The van der Waals surface area contributed by atoms with Gasteiger partial charge in [-0.15, -0.1) is 0 Å². The summed E-state index contributed by atoms with van der Waals surface area (Å²) in [5, 5.41) is 10.6. The van der Waals surface area contributed by atoms with Crippen LogP contribution in [0.25, 0.3) is 0 Å². The van der Waals surface area contributed by atoms with Crippen LogP contribution < -0.4 is 0 Å². The molecule has 26 heavy (non-hydrogen) atoms. The third-order valence-corrected chi connectivity index (χ3v) is 10.6. The van der Waals surface area contributed by atoms with E-state index in [2.05, 4.69) is 76.9 Å². The molecule has 1 saturated heterocycles. The predicted octanol–water partition coefficient (Wildman–Crippen LogP) is 4.25. The van der Waals surface area contributed by atoms with Crippen molar-refractivity contribution in [2.45, 2.75) is 70.9 Å². The molecule has 1 aromatic rings. The van der Waals surface area contributed by atoms with Crippen LogP contribution in [0.1, 0.15) is 40.2 Å². The zero-order valence-corrected chi connectivity index (χ0v) is 18.6. The first-order valence-electron chi connectivity index (χ1n) is 9.69. The number of rotatable bonds is 7. The smallest absolute Gasteiger partial charge is 0.192 e. The number of nitrogens with zero attached hydrogens (tertiary/aromatic N) is 1.